The first-order valence-electron chi connectivity index (χ1n) is 7.47. The van der Waals surface area contributed by atoms with E-state index in [2.05, 4.69) is 26.1 Å². The lowest BCUT2D eigenvalue weighted by Gasteiger charge is -2.36. The molecule has 0 aromatic heterocycles. The summed E-state index contributed by atoms with van der Waals surface area (Å²) >= 11 is 0. The van der Waals surface area contributed by atoms with Crippen LogP contribution >= 0.6 is 0 Å². The van der Waals surface area contributed by atoms with E-state index in [1.54, 1.807) is 0 Å². The summed E-state index contributed by atoms with van der Waals surface area (Å²) in [6.07, 6.45) is -2.69. The second-order valence-electron chi connectivity index (χ2n) is 6.67. The summed E-state index contributed by atoms with van der Waals surface area (Å²) < 4.78 is 38.8. The molecule has 1 aromatic carbocycles. The summed E-state index contributed by atoms with van der Waals surface area (Å²) in [6.45, 7) is 10.9. The van der Waals surface area contributed by atoms with Gasteiger partial charge in [-0.3, -0.25) is 0 Å². The van der Waals surface area contributed by atoms with Crippen LogP contribution in [0.25, 0.3) is 0 Å². The molecule has 0 aliphatic heterocycles. The Bertz CT molecular complexity index is 454. The van der Waals surface area contributed by atoms with Crippen LogP contribution in [0.5, 0.6) is 0 Å². The first-order valence-corrected chi connectivity index (χ1v) is 7.47. The molecule has 0 heterocycles. The Balaban J connectivity index is 3.16. The molecule has 0 atom stereocenters. The summed E-state index contributed by atoms with van der Waals surface area (Å²) in [5.74, 6) is 0. The predicted molar refractivity (Wildman–Crippen MR) is 81.5 cm³/mol. The van der Waals surface area contributed by atoms with Crippen molar-refractivity contribution >= 4 is 0 Å². The Hall–Kier alpha value is -1.03. The highest BCUT2D eigenvalue weighted by atomic mass is 19.4. The van der Waals surface area contributed by atoms with Crippen LogP contribution in [0.15, 0.2) is 24.3 Å². The summed E-state index contributed by atoms with van der Waals surface area (Å²) in [4.78, 5) is 0. The zero-order valence-corrected chi connectivity index (χ0v) is 13.6. The van der Waals surface area contributed by atoms with Crippen molar-refractivity contribution in [3.63, 3.8) is 0 Å². The van der Waals surface area contributed by atoms with Gasteiger partial charge in [0, 0.05) is 17.5 Å². The van der Waals surface area contributed by atoms with E-state index in [1.807, 2.05) is 19.9 Å². The van der Waals surface area contributed by atoms with Crippen molar-refractivity contribution in [3.8, 4) is 0 Å². The highest BCUT2D eigenvalue weighted by molar-refractivity contribution is 5.32. The lowest BCUT2D eigenvalue weighted by molar-refractivity contribution is -0.137. The Morgan fingerprint density at radius 3 is 1.90 bits per heavy atom. The third kappa shape index (κ3) is 4.73. The molecule has 0 aliphatic carbocycles. The molecular weight excluding hydrogens is 275 g/mol. The van der Waals surface area contributed by atoms with Gasteiger partial charge in [-0.25, -0.2) is 0 Å². The summed E-state index contributed by atoms with van der Waals surface area (Å²) in [5, 5.41) is 3.44. The van der Waals surface area contributed by atoms with Crippen LogP contribution in [-0.2, 0) is 11.6 Å². The quantitative estimate of drug-likeness (QED) is 0.793. The van der Waals surface area contributed by atoms with E-state index in [-0.39, 0.29) is 11.0 Å². The maximum Gasteiger partial charge on any atom is 0.416 e. The van der Waals surface area contributed by atoms with E-state index in [0.29, 0.717) is 6.54 Å². The molecule has 0 amide bonds. The van der Waals surface area contributed by atoms with Crippen LogP contribution in [0.1, 0.15) is 58.6 Å². The molecule has 0 unspecified atom stereocenters. The number of hydrogen-bond acceptors (Lipinski definition) is 1. The molecule has 4 heteroatoms. The van der Waals surface area contributed by atoms with Crippen LogP contribution < -0.4 is 5.32 Å². The fraction of sp³-hybridized carbons (Fsp3) is 0.647. The average molecular weight is 301 g/mol. The van der Waals surface area contributed by atoms with Gasteiger partial charge in [0.05, 0.1) is 5.56 Å². The van der Waals surface area contributed by atoms with Gasteiger partial charge in [-0.1, -0.05) is 32.0 Å². The number of benzene rings is 1. The summed E-state index contributed by atoms with van der Waals surface area (Å²) in [7, 11) is 0. The molecular formula is C17H26F3N. The van der Waals surface area contributed by atoms with Crippen LogP contribution in [0.2, 0.25) is 0 Å². The van der Waals surface area contributed by atoms with Crippen molar-refractivity contribution in [3.05, 3.63) is 35.4 Å². The molecule has 0 radical (unpaired) electrons. The maximum atomic E-state index is 12.9. The van der Waals surface area contributed by atoms with Gasteiger partial charge in [0.25, 0.3) is 0 Å². The van der Waals surface area contributed by atoms with Crippen molar-refractivity contribution < 1.29 is 13.2 Å². The van der Waals surface area contributed by atoms with Crippen LogP contribution in [0, 0.1) is 0 Å². The fourth-order valence-corrected chi connectivity index (χ4v) is 2.47. The lowest BCUT2D eigenvalue weighted by Crippen LogP contribution is -2.45. The van der Waals surface area contributed by atoms with E-state index in [4.69, 9.17) is 0 Å². The van der Waals surface area contributed by atoms with Crippen molar-refractivity contribution in [2.24, 2.45) is 0 Å². The molecule has 0 bridgehead atoms. The van der Waals surface area contributed by atoms with Crippen LogP contribution in [-0.4, -0.2) is 12.1 Å². The van der Waals surface area contributed by atoms with Gasteiger partial charge < -0.3 is 5.32 Å². The molecule has 1 rings (SSSR count). The molecule has 21 heavy (non-hydrogen) atoms. The zero-order valence-electron chi connectivity index (χ0n) is 13.6. The molecule has 0 saturated heterocycles. The Labute approximate surface area is 125 Å². The highest BCUT2D eigenvalue weighted by Crippen LogP contribution is 2.36. The summed E-state index contributed by atoms with van der Waals surface area (Å²) in [5.41, 5.74) is -0.132. The molecule has 0 saturated carbocycles. The van der Waals surface area contributed by atoms with Crippen LogP contribution in [0.3, 0.4) is 0 Å². The minimum Gasteiger partial charge on any atom is -0.311 e. The highest BCUT2D eigenvalue weighted by Gasteiger charge is 2.34. The summed E-state index contributed by atoms with van der Waals surface area (Å²) in [6, 6.07) is 5.76. The SMILES string of the molecule is CCC(CC)(CNC(C)(C)C)c1cccc(C(F)(F)F)c1. The van der Waals surface area contributed by atoms with Gasteiger partial charge in [0.2, 0.25) is 0 Å². The zero-order chi connectivity index (χ0) is 16.3. The lowest BCUT2D eigenvalue weighted by atomic mass is 9.75. The molecule has 1 N–H and O–H groups in total. The molecule has 120 valence electrons. The van der Waals surface area contributed by atoms with Gasteiger partial charge in [-0.2, -0.15) is 13.2 Å². The normalized spacial score (nSPS) is 13.5. The number of hydrogen-bond donors (Lipinski definition) is 1. The fourth-order valence-electron chi connectivity index (χ4n) is 2.47. The second kappa shape index (κ2) is 6.39. The van der Waals surface area contributed by atoms with Crippen molar-refractivity contribution in [1.82, 2.24) is 5.32 Å². The van der Waals surface area contributed by atoms with E-state index < -0.39 is 11.7 Å². The van der Waals surface area contributed by atoms with Gasteiger partial charge in [0.1, 0.15) is 0 Å². The largest absolute Gasteiger partial charge is 0.416 e. The molecule has 0 aliphatic rings. The topological polar surface area (TPSA) is 12.0 Å². The number of rotatable bonds is 5. The van der Waals surface area contributed by atoms with Crippen molar-refractivity contribution in [2.45, 2.75) is 64.6 Å². The number of alkyl halides is 3. The molecule has 1 aromatic rings. The minimum atomic E-state index is -4.29. The second-order valence-corrected chi connectivity index (χ2v) is 6.67. The van der Waals surface area contributed by atoms with Gasteiger partial charge in [-0.15, -0.1) is 0 Å². The number of nitrogens with one attached hydrogen (secondary N) is 1. The number of halogens is 3. The molecule has 0 fully saturated rings. The standard InChI is InChI=1S/C17H26F3N/c1-6-16(7-2,12-21-15(3,4)5)13-9-8-10-14(11-13)17(18,19)20/h8-11,21H,6-7,12H2,1-5H3. The monoisotopic (exact) mass is 301 g/mol. The smallest absolute Gasteiger partial charge is 0.311 e. The predicted octanol–water partition coefficient (Wildman–Crippen LogP) is 5.15. The van der Waals surface area contributed by atoms with E-state index in [1.165, 1.54) is 12.1 Å². The Morgan fingerprint density at radius 1 is 0.952 bits per heavy atom. The van der Waals surface area contributed by atoms with Crippen LogP contribution in [0.4, 0.5) is 13.2 Å². The van der Waals surface area contributed by atoms with Crippen molar-refractivity contribution in [2.75, 3.05) is 6.54 Å². The van der Waals surface area contributed by atoms with E-state index in [0.717, 1.165) is 24.5 Å². The van der Waals surface area contributed by atoms with Gasteiger partial charge in [0.15, 0.2) is 0 Å². The minimum absolute atomic E-state index is 0.0583. The van der Waals surface area contributed by atoms with E-state index in [9.17, 15) is 13.2 Å². The van der Waals surface area contributed by atoms with Gasteiger partial charge >= 0.3 is 6.18 Å². The first-order chi connectivity index (χ1) is 9.54. The molecule has 1 nitrogen and oxygen atoms in total. The van der Waals surface area contributed by atoms with Gasteiger partial charge in [-0.05, 0) is 45.2 Å². The molecule has 0 spiro atoms. The maximum absolute atomic E-state index is 12.9. The third-order valence-electron chi connectivity index (χ3n) is 4.11. The average Bonchev–Trinajstić information content (AvgIpc) is 2.39. The first kappa shape index (κ1) is 18.0. The van der Waals surface area contributed by atoms with E-state index >= 15 is 0 Å². The van der Waals surface area contributed by atoms with Crippen molar-refractivity contribution in [1.29, 1.82) is 0 Å². The Kier molecular flexibility index (Phi) is 5.48. The Morgan fingerprint density at radius 2 is 1.48 bits per heavy atom. The third-order valence-corrected chi connectivity index (χ3v) is 4.11.